The van der Waals surface area contributed by atoms with Gasteiger partial charge in [-0.1, -0.05) is 12.1 Å². The van der Waals surface area contributed by atoms with Crippen LogP contribution in [0.15, 0.2) is 36.4 Å². The normalized spacial score (nSPS) is 10.2. The van der Waals surface area contributed by atoms with E-state index in [1.165, 1.54) is 0 Å². The quantitative estimate of drug-likeness (QED) is 0.910. The third-order valence-electron chi connectivity index (χ3n) is 3.19. The van der Waals surface area contributed by atoms with Crippen LogP contribution in [0.2, 0.25) is 0 Å². The Morgan fingerprint density at radius 1 is 0.800 bits per heavy atom. The van der Waals surface area contributed by atoms with Crippen LogP contribution in [-0.4, -0.2) is 21.3 Å². The second-order valence-electron chi connectivity index (χ2n) is 4.31. The van der Waals surface area contributed by atoms with Gasteiger partial charge in [0, 0.05) is 12.1 Å². The number of hydrogen-bond acceptors (Lipinski definition) is 4. The first-order valence-corrected chi connectivity index (χ1v) is 6.32. The van der Waals surface area contributed by atoms with Crippen LogP contribution in [0.5, 0.6) is 17.2 Å². The fraction of sp³-hybridized carbons (Fsp3) is 0.250. The highest BCUT2D eigenvalue weighted by Gasteiger charge is 2.10. The molecule has 0 unspecified atom stereocenters. The summed E-state index contributed by atoms with van der Waals surface area (Å²) < 4.78 is 16.0. The molecule has 0 spiro atoms. The molecule has 0 saturated carbocycles. The highest BCUT2D eigenvalue weighted by molar-refractivity contribution is 5.73. The lowest BCUT2D eigenvalue weighted by Gasteiger charge is -2.13. The van der Waals surface area contributed by atoms with Crippen LogP contribution in [0.3, 0.4) is 0 Å². The van der Waals surface area contributed by atoms with Gasteiger partial charge in [0.05, 0.1) is 21.3 Å². The monoisotopic (exact) mass is 273 g/mol. The van der Waals surface area contributed by atoms with E-state index in [1.54, 1.807) is 21.3 Å². The van der Waals surface area contributed by atoms with Crippen molar-refractivity contribution in [3.8, 4) is 28.4 Å². The molecule has 2 rings (SSSR count). The number of hydrogen-bond donors (Lipinski definition) is 1. The summed E-state index contributed by atoms with van der Waals surface area (Å²) in [5, 5.41) is 0. The van der Waals surface area contributed by atoms with Crippen molar-refractivity contribution in [2.75, 3.05) is 21.3 Å². The predicted octanol–water partition coefficient (Wildman–Crippen LogP) is 2.84. The number of ether oxygens (including phenoxy) is 3. The molecule has 4 heteroatoms. The van der Waals surface area contributed by atoms with Crippen molar-refractivity contribution in [1.29, 1.82) is 0 Å². The minimum atomic E-state index is 0.490. The molecule has 0 bridgehead atoms. The molecule has 0 radical (unpaired) electrons. The van der Waals surface area contributed by atoms with E-state index in [-0.39, 0.29) is 0 Å². The molecule has 0 fully saturated rings. The van der Waals surface area contributed by atoms with Crippen molar-refractivity contribution in [2.45, 2.75) is 6.54 Å². The highest BCUT2D eigenvalue weighted by atomic mass is 16.5. The third kappa shape index (κ3) is 2.70. The van der Waals surface area contributed by atoms with Gasteiger partial charge in [-0.05, 0) is 35.4 Å². The summed E-state index contributed by atoms with van der Waals surface area (Å²) in [6.07, 6.45) is 0. The molecule has 0 saturated heterocycles. The molecular weight excluding hydrogens is 254 g/mol. The summed E-state index contributed by atoms with van der Waals surface area (Å²) in [5.41, 5.74) is 8.73. The van der Waals surface area contributed by atoms with E-state index in [4.69, 9.17) is 19.9 Å². The average molecular weight is 273 g/mol. The van der Waals surface area contributed by atoms with Crippen LogP contribution in [0.1, 0.15) is 5.56 Å². The van der Waals surface area contributed by atoms with Gasteiger partial charge in [-0.2, -0.15) is 0 Å². The summed E-state index contributed by atoms with van der Waals surface area (Å²) in [6, 6.07) is 11.7. The summed E-state index contributed by atoms with van der Waals surface area (Å²) in [7, 11) is 4.89. The zero-order valence-corrected chi connectivity index (χ0v) is 12.0. The molecule has 20 heavy (non-hydrogen) atoms. The van der Waals surface area contributed by atoms with Crippen molar-refractivity contribution in [1.82, 2.24) is 0 Å². The van der Waals surface area contributed by atoms with Crippen molar-refractivity contribution < 1.29 is 14.2 Å². The standard InChI is InChI=1S/C16H19NO3/c1-18-14-6-4-11(10-17)8-13(14)12-5-7-15(19-2)16(9-12)20-3/h4-9H,10,17H2,1-3H3. The maximum atomic E-state index is 5.70. The molecule has 2 aromatic rings. The minimum Gasteiger partial charge on any atom is -0.496 e. The minimum absolute atomic E-state index is 0.490. The lowest BCUT2D eigenvalue weighted by molar-refractivity contribution is 0.355. The summed E-state index contributed by atoms with van der Waals surface area (Å²) >= 11 is 0. The largest absolute Gasteiger partial charge is 0.496 e. The van der Waals surface area contributed by atoms with Gasteiger partial charge >= 0.3 is 0 Å². The van der Waals surface area contributed by atoms with Crippen molar-refractivity contribution in [2.24, 2.45) is 5.73 Å². The van der Waals surface area contributed by atoms with Gasteiger partial charge in [-0.15, -0.1) is 0 Å². The maximum absolute atomic E-state index is 5.70. The Hall–Kier alpha value is -2.20. The van der Waals surface area contributed by atoms with E-state index in [1.807, 2.05) is 36.4 Å². The van der Waals surface area contributed by atoms with E-state index >= 15 is 0 Å². The molecule has 4 nitrogen and oxygen atoms in total. The Kier molecular flexibility index (Phi) is 4.48. The Morgan fingerprint density at radius 2 is 1.45 bits per heavy atom. The van der Waals surface area contributed by atoms with Crippen LogP contribution in [0.4, 0.5) is 0 Å². The second kappa shape index (κ2) is 6.30. The Bertz CT molecular complexity index is 596. The van der Waals surface area contributed by atoms with Crippen LogP contribution in [0.25, 0.3) is 11.1 Å². The van der Waals surface area contributed by atoms with Gasteiger partial charge in [-0.3, -0.25) is 0 Å². The van der Waals surface area contributed by atoms with Gasteiger partial charge in [0.25, 0.3) is 0 Å². The first-order chi connectivity index (χ1) is 9.73. The Balaban J connectivity index is 2.55. The summed E-state index contributed by atoms with van der Waals surface area (Å²) in [6.45, 7) is 0.490. The smallest absolute Gasteiger partial charge is 0.161 e. The molecule has 0 atom stereocenters. The number of methoxy groups -OCH3 is 3. The van der Waals surface area contributed by atoms with Crippen molar-refractivity contribution >= 4 is 0 Å². The highest BCUT2D eigenvalue weighted by Crippen LogP contribution is 2.36. The van der Waals surface area contributed by atoms with Crippen LogP contribution in [-0.2, 0) is 6.54 Å². The first kappa shape index (κ1) is 14.2. The van der Waals surface area contributed by atoms with Gasteiger partial charge in [0.1, 0.15) is 5.75 Å². The van der Waals surface area contributed by atoms with E-state index in [0.29, 0.717) is 18.0 Å². The van der Waals surface area contributed by atoms with Crippen molar-refractivity contribution in [3.63, 3.8) is 0 Å². The maximum Gasteiger partial charge on any atom is 0.161 e. The fourth-order valence-electron chi connectivity index (χ4n) is 2.11. The number of nitrogens with two attached hydrogens (primary N) is 1. The molecule has 0 aromatic heterocycles. The third-order valence-corrected chi connectivity index (χ3v) is 3.19. The zero-order chi connectivity index (χ0) is 14.5. The van der Waals surface area contributed by atoms with E-state index in [9.17, 15) is 0 Å². The lowest BCUT2D eigenvalue weighted by atomic mass is 10.0. The van der Waals surface area contributed by atoms with E-state index in [0.717, 1.165) is 22.4 Å². The molecular formula is C16H19NO3. The SMILES string of the molecule is COc1ccc(-c2cc(CN)ccc2OC)cc1OC. The van der Waals surface area contributed by atoms with Gasteiger partial charge in [-0.25, -0.2) is 0 Å². The van der Waals surface area contributed by atoms with Gasteiger partial charge in [0.15, 0.2) is 11.5 Å². The van der Waals surface area contributed by atoms with E-state index in [2.05, 4.69) is 0 Å². The Morgan fingerprint density at radius 3 is 2.05 bits per heavy atom. The lowest BCUT2D eigenvalue weighted by Crippen LogP contribution is -1.98. The summed E-state index contributed by atoms with van der Waals surface area (Å²) in [4.78, 5) is 0. The Labute approximate surface area is 119 Å². The van der Waals surface area contributed by atoms with Crippen molar-refractivity contribution in [3.05, 3.63) is 42.0 Å². The van der Waals surface area contributed by atoms with Gasteiger partial charge < -0.3 is 19.9 Å². The van der Waals surface area contributed by atoms with Crippen LogP contribution < -0.4 is 19.9 Å². The topological polar surface area (TPSA) is 53.7 Å². The predicted molar refractivity (Wildman–Crippen MR) is 79.4 cm³/mol. The average Bonchev–Trinajstić information content (AvgIpc) is 2.53. The summed E-state index contributed by atoms with van der Waals surface area (Å²) in [5.74, 6) is 2.19. The van der Waals surface area contributed by atoms with Gasteiger partial charge in [0.2, 0.25) is 0 Å². The molecule has 0 aliphatic carbocycles. The molecule has 106 valence electrons. The molecule has 0 heterocycles. The molecule has 2 N–H and O–H groups in total. The fourth-order valence-corrected chi connectivity index (χ4v) is 2.11. The zero-order valence-electron chi connectivity index (χ0n) is 12.0. The second-order valence-corrected chi connectivity index (χ2v) is 4.31. The van der Waals surface area contributed by atoms with Crippen LogP contribution >= 0.6 is 0 Å². The first-order valence-electron chi connectivity index (χ1n) is 6.32. The van der Waals surface area contributed by atoms with E-state index < -0.39 is 0 Å². The molecule has 0 amide bonds. The van der Waals surface area contributed by atoms with Crippen LogP contribution in [0, 0.1) is 0 Å². The number of rotatable bonds is 5. The number of benzene rings is 2. The molecule has 0 aliphatic rings. The molecule has 2 aromatic carbocycles. The molecule has 0 aliphatic heterocycles.